The summed E-state index contributed by atoms with van der Waals surface area (Å²) in [5.74, 6) is 0. The molecule has 0 spiro atoms. The zero-order chi connectivity index (χ0) is 27.2. The molecule has 0 unspecified atom stereocenters. The maximum atomic E-state index is 2.41. The Hall–Kier alpha value is -4.42. The van der Waals surface area contributed by atoms with Crippen molar-refractivity contribution in [3.05, 3.63) is 144 Å². The molecule has 0 aliphatic heterocycles. The molecule has 2 aliphatic rings. The van der Waals surface area contributed by atoms with Crippen LogP contribution in [0.2, 0.25) is 0 Å². The summed E-state index contributed by atoms with van der Waals surface area (Å²) in [7, 11) is 0. The highest BCUT2D eigenvalue weighted by atomic mass is 14.4. The predicted molar refractivity (Wildman–Crippen MR) is 170 cm³/mol. The molecule has 0 heterocycles. The first-order valence-electron chi connectivity index (χ1n) is 14.4. The fraction of sp³-hybridized carbons (Fsp3) is 0.150. The Kier molecular flexibility index (Phi) is 4.73. The topological polar surface area (TPSA) is 0 Å². The summed E-state index contributed by atoms with van der Waals surface area (Å²) in [6.45, 7) is 9.40. The highest BCUT2D eigenvalue weighted by Crippen LogP contribution is 2.51. The molecule has 0 fully saturated rings. The Morgan fingerprint density at radius 1 is 0.325 bits per heavy atom. The number of rotatable bonds is 2. The SMILES string of the molecule is CC1(C)c2ccccc2-c2ccc(-c3ccc4cc(-c5ccc6c(c5)C(C)(C)c5ccccc5-6)ccc4c3)cc21. The minimum Gasteiger partial charge on any atom is -0.0619 e. The predicted octanol–water partition coefficient (Wildman–Crippen LogP) is 10.8. The van der Waals surface area contributed by atoms with Gasteiger partial charge < -0.3 is 0 Å². The van der Waals surface area contributed by atoms with Crippen molar-refractivity contribution in [1.29, 1.82) is 0 Å². The van der Waals surface area contributed by atoms with Crippen LogP contribution in [0.25, 0.3) is 55.3 Å². The lowest BCUT2D eigenvalue weighted by Crippen LogP contribution is -2.14. The Bertz CT molecular complexity index is 1850. The maximum absolute atomic E-state index is 2.41. The second-order valence-electron chi connectivity index (χ2n) is 12.6. The first-order valence-corrected chi connectivity index (χ1v) is 14.4. The lowest BCUT2D eigenvalue weighted by molar-refractivity contribution is 0.660. The monoisotopic (exact) mass is 512 g/mol. The molecule has 0 radical (unpaired) electrons. The normalized spacial score (nSPS) is 15.4. The Labute approximate surface area is 237 Å². The minimum atomic E-state index is 0.0134. The molecule has 0 heteroatoms. The van der Waals surface area contributed by atoms with Gasteiger partial charge in [-0.1, -0.05) is 125 Å². The largest absolute Gasteiger partial charge is 0.0619 e. The van der Waals surface area contributed by atoms with Gasteiger partial charge in [-0.15, -0.1) is 0 Å². The molecule has 0 amide bonds. The third-order valence-electron chi connectivity index (χ3n) is 9.67. The Balaban J connectivity index is 1.16. The molecular formula is C40H32. The highest BCUT2D eigenvalue weighted by Gasteiger charge is 2.36. The fourth-order valence-corrected chi connectivity index (χ4v) is 7.37. The van der Waals surface area contributed by atoms with Crippen LogP contribution in [0, 0.1) is 0 Å². The van der Waals surface area contributed by atoms with Gasteiger partial charge in [0, 0.05) is 10.8 Å². The van der Waals surface area contributed by atoms with Crippen molar-refractivity contribution >= 4 is 10.8 Å². The van der Waals surface area contributed by atoms with Crippen molar-refractivity contribution < 1.29 is 0 Å². The summed E-state index contributed by atoms with van der Waals surface area (Å²) in [6, 6.07) is 45.6. The van der Waals surface area contributed by atoms with Crippen molar-refractivity contribution in [3.8, 4) is 44.5 Å². The molecule has 0 saturated heterocycles. The van der Waals surface area contributed by atoms with Crippen LogP contribution in [0.1, 0.15) is 49.9 Å². The summed E-state index contributed by atoms with van der Waals surface area (Å²) in [5.41, 5.74) is 16.3. The van der Waals surface area contributed by atoms with Crippen LogP contribution in [-0.2, 0) is 10.8 Å². The third-order valence-corrected chi connectivity index (χ3v) is 9.67. The molecule has 6 aromatic carbocycles. The van der Waals surface area contributed by atoms with Gasteiger partial charge in [0.2, 0.25) is 0 Å². The Morgan fingerprint density at radius 3 is 1.12 bits per heavy atom. The lowest BCUT2D eigenvalue weighted by Gasteiger charge is -2.22. The van der Waals surface area contributed by atoms with E-state index < -0.39 is 0 Å². The second-order valence-corrected chi connectivity index (χ2v) is 12.6. The number of hydrogen-bond donors (Lipinski definition) is 0. The van der Waals surface area contributed by atoms with Crippen LogP contribution in [0.15, 0.2) is 121 Å². The van der Waals surface area contributed by atoms with E-state index in [1.54, 1.807) is 0 Å². The lowest BCUT2D eigenvalue weighted by atomic mass is 9.81. The van der Waals surface area contributed by atoms with E-state index in [-0.39, 0.29) is 10.8 Å². The first kappa shape index (κ1) is 23.5. The molecule has 40 heavy (non-hydrogen) atoms. The van der Waals surface area contributed by atoms with Crippen molar-refractivity contribution in [1.82, 2.24) is 0 Å². The summed E-state index contributed by atoms with van der Waals surface area (Å²) in [5, 5.41) is 2.55. The quantitative estimate of drug-likeness (QED) is 0.216. The molecule has 0 aromatic heterocycles. The molecule has 192 valence electrons. The molecule has 0 atom stereocenters. The molecule has 8 rings (SSSR count). The van der Waals surface area contributed by atoms with E-state index in [1.807, 2.05) is 0 Å². The highest BCUT2D eigenvalue weighted by molar-refractivity contribution is 5.92. The fourth-order valence-electron chi connectivity index (χ4n) is 7.37. The number of fused-ring (bicyclic) bond motifs is 7. The summed E-state index contributed by atoms with van der Waals surface area (Å²) < 4.78 is 0. The van der Waals surface area contributed by atoms with Crippen LogP contribution in [0.5, 0.6) is 0 Å². The average Bonchev–Trinajstić information content (AvgIpc) is 3.36. The van der Waals surface area contributed by atoms with E-state index in [9.17, 15) is 0 Å². The van der Waals surface area contributed by atoms with E-state index >= 15 is 0 Å². The van der Waals surface area contributed by atoms with Crippen LogP contribution in [0.3, 0.4) is 0 Å². The van der Waals surface area contributed by atoms with Gasteiger partial charge in [0.1, 0.15) is 0 Å². The van der Waals surface area contributed by atoms with Gasteiger partial charge >= 0.3 is 0 Å². The summed E-state index contributed by atoms with van der Waals surface area (Å²) in [4.78, 5) is 0. The average molecular weight is 513 g/mol. The minimum absolute atomic E-state index is 0.0134. The number of hydrogen-bond acceptors (Lipinski definition) is 0. The zero-order valence-corrected chi connectivity index (χ0v) is 23.5. The zero-order valence-electron chi connectivity index (χ0n) is 23.5. The first-order chi connectivity index (χ1) is 19.3. The van der Waals surface area contributed by atoms with Crippen molar-refractivity contribution in [3.63, 3.8) is 0 Å². The van der Waals surface area contributed by atoms with Crippen LogP contribution < -0.4 is 0 Å². The summed E-state index contributed by atoms with van der Waals surface area (Å²) in [6.07, 6.45) is 0. The molecule has 0 bridgehead atoms. The van der Waals surface area contributed by atoms with Crippen LogP contribution >= 0.6 is 0 Å². The standard InChI is InChI=1S/C40H32/c1-39(2)35-11-7-5-9-31(35)33-19-17-29(23-37(33)39)27-15-13-26-22-28(16-14-25(26)21-27)30-18-20-34-32-10-6-8-12-36(32)40(3,4)38(34)24-30/h5-24H,1-4H3. The Morgan fingerprint density at radius 2 is 0.675 bits per heavy atom. The smallest absolute Gasteiger partial charge is 0.0159 e. The molecule has 0 saturated carbocycles. The van der Waals surface area contributed by atoms with Gasteiger partial charge in [0.15, 0.2) is 0 Å². The van der Waals surface area contributed by atoms with E-state index in [0.29, 0.717) is 0 Å². The van der Waals surface area contributed by atoms with Crippen molar-refractivity contribution in [2.24, 2.45) is 0 Å². The van der Waals surface area contributed by atoms with Crippen molar-refractivity contribution in [2.75, 3.05) is 0 Å². The van der Waals surface area contributed by atoms with E-state index in [4.69, 9.17) is 0 Å². The molecule has 0 nitrogen and oxygen atoms in total. The van der Waals surface area contributed by atoms with Gasteiger partial charge in [-0.3, -0.25) is 0 Å². The van der Waals surface area contributed by atoms with Gasteiger partial charge in [-0.25, -0.2) is 0 Å². The van der Waals surface area contributed by atoms with Crippen LogP contribution in [-0.4, -0.2) is 0 Å². The third kappa shape index (κ3) is 3.20. The molecule has 6 aromatic rings. The van der Waals surface area contributed by atoms with Gasteiger partial charge in [-0.05, 0) is 102 Å². The maximum Gasteiger partial charge on any atom is 0.0159 e. The van der Waals surface area contributed by atoms with E-state index in [2.05, 4.69) is 149 Å². The van der Waals surface area contributed by atoms with Gasteiger partial charge in [0.25, 0.3) is 0 Å². The molecular weight excluding hydrogens is 480 g/mol. The van der Waals surface area contributed by atoms with Crippen LogP contribution in [0.4, 0.5) is 0 Å². The molecule has 2 aliphatic carbocycles. The van der Waals surface area contributed by atoms with E-state index in [0.717, 1.165) is 0 Å². The van der Waals surface area contributed by atoms with Crippen molar-refractivity contribution in [2.45, 2.75) is 38.5 Å². The number of benzene rings is 6. The second kappa shape index (κ2) is 8.05. The summed E-state index contributed by atoms with van der Waals surface area (Å²) >= 11 is 0. The molecule has 0 N–H and O–H groups in total. The van der Waals surface area contributed by atoms with Gasteiger partial charge in [0.05, 0.1) is 0 Å². The van der Waals surface area contributed by atoms with E-state index in [1.165, 1.54) is 77.5 Å². The van der Waals surface area contributed by atoms with Gasteiger partial charge in [-0.2, -0.15) is 0 Å².